The van der Waals surface area contributed by atoms with Gasteiger partial charge in [0.2, 0.25) is 0 Å². The summed E-state index contributed by atoms with van der Waals surface area (Å²) in [6, 6.07) is 12.3. The first kappa shape index (κ1) is 19.8. The SMILES string of the molecule is CC(C)(C)OC(=O)Nc1cccc(CO/N=C(/C#N)c2cccc(F)c2)n1. The minimum Gasteiger partial charge on any atom is -0.444 e. The lowest BCUT2D eigenvalue weighted by Gasteiger charge is -2.19. The highest BCUT2D eigenvalue weighted by Gasteiger charge is 2.16. The normalized spacial score (nSPS) is 11.4. The number of amides is 1. The van der Waals surface area contributed by atoms with E-state index in [0.29, 0.717) is 17.1 Å². The van der Waals surface area contributed by atoms with E-state index in [1.165, 1.54) is 18.2 Å². The number of ether oxygens (including phenoxy) is 1. The third-order valence-electron chi connectivity index (χ3n) is 3.01. The number of halogens is 1. The summed E-state index contributed by atoms with van der Waals surface area (Å²) in [5.41, 5.74) is 0.108. The molecule has 0 saturated carbocycles. The lowest BCUT2D eigenvalue weighted by atomic mass is 10.1. The molecule has 0 atom stereocenters. The Morgan fingerprint density at radius 1 is 1.30 bits per heavy atom. The lowest BCUT2D eigenvalue weighted by molar-refractivity contribution is 0.0635. The third kappa shape index (κ3) is 6.74. The predicted octanol–water partition coefficient (Wildman–Crippen LogP) is 4.01. The molecule has 0 spiro atoms. The van der Waals surface area contributed by atoms with Crippen LogP contribution in [0.5, 0.6) is 0 Å². The first-order valence-corrected chi connectivity index (χ1v) is 8.09. The Labute approximate surface area is 156 Å². The molecule has 0 aliphatic carbocycles. The number of nitrogens with zero attached hydrogens (tertiary/aromatic N) is 3. The van der Waals surface area contributed by atoms with Gasteiger partial charge >= 0.3 is 6.09 Å². The van der Waals surface area contributed by atoms with Gasteiger partial charge in [-0.25, -0.2) is 14.2 Å². The second-order valence-corrected chi connectivity index (χ2v) is 6.48. The van der Waals surface area contributed by atoms with E-state index in [-0.39, 0.29) is 12.3 Å². The Morgan fingerprint density at radius 3 is 2.70 bits per heavy atom. The molecule has 1 aromatic carbocycles. The predicted molar refractivity (Wildman–Crippen MR) is 97.4 cm³/mol. The van der Waals surface area contributed by atoms with Crippen molar-refractivity contribution >= 4 is 17.6 Å². The molecule has 1 aromatic heterocycles. The number of benzene rings is 1. The molecule has 8 heteroatoms. The van der Waals surface area contributed by atoms with E-state index in [9.17, 15) is 9.18 Å². The number of anilines is 1. The summed E-state index contributed by atoms with van der Waals surface area (Å²) in [6.07, 6.45) is -0.621. The van der Waals surface area contributed by atoms with Gasteiger partial charge in [0.1, 0.15) is 23.3 Å². The summed E-state index contributed by atoms with van der Waals surface area (Å²) in [5.74, 6) is -0.182. The molecule has 0 saturated heterocycles. The van der Waals surface area contributed by atoms with E-state index in [1.54, 1.807) is 45.0 Å². The van der Waals surface area contributed by atoms with Crippen LogP contribution in [0.2, 0.25) is 0 Å². The molecule has 7 nitrogen and oxygen atoms in total. The molecular formula is C19H19FN4O3. The molecule has 1 heterocycles. The van der Waals surface area contributed by atoms with Gasteiger partial charge in [-0.05, 0) is 45.0 Å². The number of carbonyl (C=O) groups is 1. The van der Waals surface area contributed by atoms with Crippen LogP contribution in [0, 0.1) is 17.1 Å². The quantitative estimate of drug-likeness (QED) is 0.633. The second-order valence-electron chi connectivity index (χ2n) is 6.48. The second kappa shape index (κ2) is 8.76. The Balaban J connectivity index is 2.00. The van der Waals surface area contributed by atoms with Crippen molar-refractivity contribution in [2.45, 2.75) is 33.0 Å². The number of oxime groups is 1. The fraction of sp³-hybridized carbons (Fsp3) is 0.263. The van der Waals surface area contributed by atoms with Crippen LogP contribution in [0.1, 0.15) is 32.0 Å². The largest absolute Gasteiger partial charge is 0.444 e. The van der Waals surface area contributed by atoms with Gasteiger partial charge in [-0.2, -0.15) is 5.26 Å². The van der Waals surface area contributed by atoms with Gasteiger partial charge in [-0.1, -0.05) is 23.4 Å². The molecule has 2 rings (SSSR count). The fourth-order valence-corrected chi connectivity index (χ4v) is 1.97. The monoisotopic (exact) mass is 370 g/mol. The van der Waals surface area contributed by atoms with Crippen LogP contribution >= 0.6 is 0 Å². The maximum atomic E-state index is 13.2. The van der Waals surface area contributed by atoms with Crippen molar-refractivity contribution in [3.8, 4) is 6.07 Å². The van der Waals surface area contributed by atoms with Crippen molar-refractivity contribution in [1.82, 2.24) is 4.98 Å². The highest BCUT2D eigenvalue weighted by atomic mass is 19.1. The van der Waals surface area contributed by atoms with Crippen LogP contribution in [0.3, 0.4) is 0 Å². The molecule has 140 valence electrons. The summed E-state index contributed by atoms with van der Waals surface area (Å²) in [4.78, 5) is 21.1. The van der Waals surface area contributed by atoms with Gasteiger partial charge in [-0.3, -0.25) is 5.32 Å². The minimum absolute atomic E-state index is 0.0374. The van der Waals surface area contributed by atoms with Crippen molar-refractivity contribution < 1.29 is 18.8 Å². The molecule has 0 aliphatic rings. The number of aromatic nitrogens is 1. The van der Waals surface area contributed by atoms with Gasteiger partial charge in [0.25, 0.3) is 0 Å². The number of nitrogens with one attached hydrogen (secondary N) is 1. The summed E-state index contributed by atoms with van der Waals surface area (Å²) in [6.45, 7) is 5.24. The lowest BCUT2D eigenvalue weighted by Crippen LogP contribution is -2.27. The highest BCUT2D eigenvalue weighted by molar-refractivity contribution is 6.11. The summed E-state index contributed by atoms with van der Waals surface area (Å²) in [7, 11) is 0. The zero-order chi connectivity index (χ0) is 19.9. The number of carbonyl (C=O) groups excluding carboxylic acids is 1. The number of nitriles is 1. The Morgan fingerprint density at radius 2 is 2.04 bits per heavy atom. The standard InChI is InChI=1S/C19H19FN4O3/c1-19(2,3)27-18(25)23-17-9-5-8-15(22-17)12-26-24-16(11-21)13-6-4-7-14(20)10-13/h4-10H,12H2,1-3H3,(H,22,23,25)/b24-16-. The van der Waals surface area contributed by atoms with E-state index >= 15 is 0 Å². The number of pyridine rings is 1. The first-order valence-electron chi connectivity index (χ1n) is 8.09. The van der Waals surface area contributed by atoms with Crippen molar-refractivity contribution in [3.05, 3.63) is 59.5 Å². The molecule has 2 aromatic rings. The maximum absolute atomic E-state index is 13.2. The van der Waals surface area contributed by atoms with E-state index < -0.39 is 17.5 Å². The molecule has 27 heavy (non-hydrogen) atoms. The van der Waals surface area contributed by atoms with Crippen molar-refractivity contribution in [1.29, 1.82) is 5.26 Å². The molecule has 1 N–H and O–H groups in total. The molecule has 1 amide bonds. The van der Waals surface area contributed by atoms with Gasteiger partial charge in [0.05, 0.1) is 5.69 Å². The van der Waals surface area contributed by atoms with Gasteiger partial charge in [0, 0.05) is 5.56 Å². The van der Waals surface area contributed by atoms with E-state index in [0.717, 1.165) is 0 Å². The van der Waals surface area contributed by atoms with Crippen LogP contribution < -0.4 is 5.32 Å². The molecule has 0 fully saturated rings. The van der Waals surface area contributed by atoms with Crippen molar-refractivity contribution in [2.75, 3.05) is 5.32 Å². The number of hydrogen-bond donors (Lipinski definition) is 1. The highest BCUT2D eigenvalue weighted by Crippen LogP contribution is 2.11. The van der Waals surface area contributed by atoms with Crippen molar-refractivity contribution in [2.24, 2.45) is 5.16 Å². The molecule has 0 radical (unpaired) electrons. The number of hydrogen-bond acceptors (Lipinski definition) is 6. The van der Waals surface area contributed by atoms with E-state index in [1.807, 2.05) is 6.07 Å². The van der Waals surface area contributed by atoms with Crippen LogP contribution in [0.4, 0.5) is 15.0 Å². The smallest absolute Gasteiger partial charge is 0.413 e. The van der Waals surface area contributed by atoms with Gasteiger partial charge < -0.3 is 9.57 Å². The third-order valence-corrected chi connectivity index (χ3v) is 3.01. The Bertz CT molecular complexity index is 885. The molecule has 0 unspecified atom stereocenters. The molecule has 0 aliphatic heterocycles. The maximum Gasteiger partial charge on any atom is 0.413 e. The Kier molecular flexibility index (Phi) is 6.44. The van der Waals surface area contributed by atoms with Crippen LogP contribution in [0.25, 0.3) is 0 Å². The van der Waals surface area contributed by atoms with Crippen LogP contribution in [-0.2, 0) is 16.2 Å². The zero-order valence-electron chi connectivity index (χ0n) is 15.2. The fourth-order valence-electron chi connectivity index (χ4n) is 1.97. The Hall–Kier alpha value is -3.47. The van der Waals surface area contributed by atoms with Crippen molar-refractivity contribution in [3.63, 3.8) is 0 Å². The summed E-state index contributed by atoms with van der Waals surface area (Å²) >= 11 is 0. The average Bonchev–Trinajstić information content (AvgIpc) is 2.57. The zero-order valence-corrected chi connectivity index (χ0v) is 15.2. The van der Waals surface area contributed by atoms with Crippen LogP contribution in [0.15, 0.2) is 47.6 Å². The van der Waals surface area contributed by atoms with E-state index in [4.69, 9.17) is 14.8 Å². The summed E-state index contributed by atoms with van der Waals surface area (Å²) in [5, 5.41) is 15.4. The van der Waals surface area contributed by atoms with Gasteiger partial charge in [0.15, 0.2) is 12.3 Å². The van der Waals surface area contributed by atoms with E-state index in [2.05, 4.69) is 15.5 Å². The topological polar surface area (TPSA) is 96.6 Å². The summed E-state index contributed by atoms with van der Waals surface area (Å²) < 4.78 is 18.4. The molecule has 0 bridgehead atoms. The molecular weight excluding hydrogens is 351 g/mol. The first-order chi connectivity index (χ1) is 12.8. The minimum atomic E-state index is -0.621. The number of rotatable bonds is 5. The average molecular weight is 370 g/mol. The van der Waals surface area contributed by atoms with Crippen LogP contribution in [-0.4, -0.2) is 22.4 Å². The van der Waals surface area contributed by atoms with Gasteiger partial charge in [-0.15, -0.1) is 0 Å².